The number of piperidine rings is 1. The molecule has 0 bridgehead atoms. The minimum absolute atomic E-state index is 0.0368. The third-order valence-electron chi connectivity index (χ3n) is 4.22. The average molecular weight is 338 g/mol. The molecule has 0 radical (unpaired) electrons. The number of likely N-dealkylation sites (tertiary alicyclic amines) is 1. The van der Waals surface area contributed by atoms with Crippen LogP contribution in [-0.4, -0.2) is 45.1 Å². The van der Waals surface area contributed by atoms with Crippen molar-refractivity contribution >= 4 is 15.9 Å². The van der Waals surface area contributed by atoms with Gasteiger partial charge in [0.2, 0.25) is 15.9 Å². The van der Waals surface area contributed by atoms with Crippen LogP contribution >= 0.6 is 0 Å². The molecule has 1 fully saturated rings. The molecule has 1 atom stereocenters. The minimum Gasteiger partial charge on any atom is -0.342 e. The van der Waals surface area contributed by atoms with E-state index < -0.39 is 10.0 Å². The first-order valence-corrected chi connectivity index (χ1v) is 10.0. The molecule has 0 unspecified atom stereocenters. The highest BCUT2D eigenvalue weighted by Crippen LogP contribution is 2.21. The van der Waals surface area contributed by atoms with Gasteiger partial charge in [0.1, 0.15) is 0 Å². The highest BCUT2D eigenvalue weighted by molar-refractivity contribution is 7.88. The highest BCUT2D eigenvalue weighted by atomic mass is 32.2. The number of nitrogens with one attached hydrogen (secondary N) is 1. The first-order chi connectivity index (χ1) is 10.8. The van der Waals surface area contributed by atoms with E-state index in [2.05, 4.69) is 35.9 Å². The average Bonchev–Trinajstić information content (AvgIpc) is 2.48. The van der Waals surface area contributed by atoms with Crippen LogP contribution in [0.4, 0.5) is 0 Å². The number of nitrogens with zero attached hydrogens (tertiary/aromatic N) is 1. The molecule has 5 nitrogen and oxygen atoms in total. The Kier molecular flexibility index (Phi) is 6.18. The molecular weight excluding hydrogens is 312 g/mol. The molecule has 1 heterocycles. The Morgan fingerprint density at radius 3 is 2.65 bits per heavy atom. The summed E-state index contributed by atoms with van der Waals surface area (Å²) < 4.78 is 24.4. The number of sulfonamides is 1. The predicted octanol–water partition coefficient (Wildman–Crippen LogP) is 1.72. The van der Waals surface area contributed by atoms with Gasteiger partial charge in [0.15, 0.2) is 0 Å². The molecule has 1 saturated heterocycles. The lowest BCUT2D eigenvalue weighted by Crippen LogP contribution is -2.41. The SMILES string of the molecule is Cc1ccc(C[C@H]2CCCN(C(=O)CCNS(C)(=O)=O)C2)cc1. The van der Waals surface area contributed by atoms with Crippen molar-refractivity contribution in [2.75, 3.05) is 25.9 Å². The molecule has 1 N–H and O–H groups in total. The Balaban J connectivity index is 1.82. The molecule has 1 aliphatic heterocycles. The van der Waals surface area contributed by atoms with Crippen molar-refractivity contribution in [3.8, 4) is 0 Å². The number of benzene rings is 1. The van der Waals surface area contributed by atoms with Crippen molar-refractivity contribution < 1.29 is 13.2 Å². The van der Waals surface area contributed by atoms with E-state index in [4.69, 9.17) is 0 Å². The van der Waals surface area contributed by atoms with E-state index in [1.807, 2.05) is 4.90 Å². The molecule has 0 aromatic heterocycles. The number of hydrogen-bond donors (Lipinski definition) is 1. The van der Waals surface area contributed by atoms with Crippen LogP contribution in [0.15, 0.2) is 24.3 Å². The second-order valence-corrected chi connectivity index (χ2v) is 8.29. The lowest BCUT2D eigenvalue weighted by Gasteiger charge is -2.33. The summed E-state index contributed by atoms with van der Waals surface area (Å²) in [6.07, 6.45) is 4.48. The normalized spacial score (nSPS) is 18.9. The first-order valence-electron chi connectivity index (χ1n) is 8.11. The fourth-order valence-corrected chi connectivity index (χ4v) is 3.49. The molecule has 0 saturated carbocycles. The van der Waals surface area contributed by atoms with Crippen LogP contribution in [0.1, 0.15) is 30.4 Å². The minimum atomic E-state index is -3.23. The zero-order valence-electron chi connectivity index (χ0n) is 13.9. The monoisotopic (exact) mass is 338 g/mol. The molecule has 1 amide bonds. The van der Waals surface area contributed by atoms with Crippen molar-refractivity contribution in [2.45, 2.75) is 32.6 Å². The summed E-state index contributed by atoms with van der Waals surface area (Å²) in [7, 11) is -3.23. The summed E-state index contributed by atoms with van der Waals surface area (Å²) in [6, 6.07) is 8.56. The summed E-state index contributed by atoms with van der Waals surface area (Å²) in [5.74, 6) is 0.521. The van der Waals surface area contributed by atoms with E-state index in [0.29, 0.717) is 5.92 Å². The van der Waals surface area contributed by atoms with E-state index in [0.717, 1.165) is 38.6 Å². The van der Waals surface area contributed by atoms with Crippen LogP contribution in [0.5, 0.6) is 0 Å². The van der Waals surface area contributed by atoms with E-state index in [1.54, 1.807) is 0 Å². The third-order valence-corrected chi connectivity index (χ3v) is 4.95. The molecular formula is C17H26N2O3S. The van der Waals surface area contributed by atoms with Gasteiger partial charge in [-0.3, -0.25) is 4.79 Å². The van der Waals surface area contributed by atoms with Crippen molar-refractivity contribution in [2.24, 2.45) is 5.92 Å². The highest BCUT2D eigenvalue weighted by Gasteiger charge is 2.23. The summed E-state index contributed by atoms with van der Waals surface area (Å²) in [5.41, 5.74) is 2.57. The molecule has 23 heavy (non-hydrogen) atoms. The second-order valence-electron chi connectivity index (χ2n) is 6.45. The van der Waals surface area contributed by atoms with E-state index in [9.17, 15) is 13.2 Å². The predicted molar refractivity (Wildman–Crippen MR) is 91.7 cm³/mol. The zero-order valence-corrected chi connectivity index (χ0v) is 14.7. The maximum Gasteiger partial charge on any atom is 0.223 e. The smallest absolute Gasteiger partial charge is 0.223 e. The van der Waals surface area contributed by atoms with Crippen molar-refractivity contribution in [3.05, 3.63) is 35.4 Å². The molecule has 6 heteroatoms. The van der Waals surface area contributed by atoms with Gasteiger partial charge in [-0.25, -0.2) is 13.1 Å². The molecule has 0 aliphatic carbocycles. The van der Waals surface area contributed by atoms with E-state index in [1.165, 1.54) is 11.1 Å². The van der Waals surface area contributed by atoms with Gasteiger partial charge in [-0.05, 0) is 37.7 Å². The molecule has 0 spiro atoms. The van der Waals surface area contributed by atoms with Crippen LogP contribution in [0.2, 0.25) is 0 Å². The summed E-state index contributed by atoms with van der Waals surface area (Å²) >= 11 is 0. The number of hydrogen-bond acceptors (Lipinski definition) is 3. The third kappa shape index (κ3) is 6.31. The Bertz CT molecular complexity index is 626. The maximum absolute atomic E-state index is 12.2. The van der Waals surface area contributed by atoms with Gasteiger partial charge in [-0.2, -0.15) is 0 Å². The summed E-state index contributed by atoms with van der Waals surface area (Å²) in [5, 5.41) is 0. The lowest BCUT2D eigenvalue weighted by atomic mass is 9.91. The Morgan fingerprint density at radius 1 is 1.30 bits per heavy atom. The van der Waals surface area contributed by atoms with Gasteiger partial charge in [0, 0.05) is 26.1 Å². The van der Waals surface area contributed by atoms with Crippen molar-refractivity contribution in [1.82, 2.24) is 9.62 Å². The zero-order chi connectivity index (χ0) is 16.9. The standard InChI is InChI=1S/C17H26N2O3S/c1-14-5-7-15(8-6-14)12-16-4-3-11-19(13-16)17(20)9-10-18-23(2,21)22/h5-8,16,18H,3-4,9-13H2,1-2H3/t16-/m1/s1. The molecule has 1 aliphatic rings. The lowest BCUT2D eigenvalue weighted by molar-refractivity contribution is -0.132. The van der Waals surface area contributed by atoms with Crippen LogP contribution in [0.3, 0.4) is 0 Å². The molecule has 2 rings (SSSR count). The van der Waals surface area contributed by atoms with Gasteiger partial charge >= 0.3 is 0 Å². The van der Waals surface area contributed by atoms with Gasteiger partial charge in [-0.15, -0.1) is 0 Å². The van der Waals surface area contributed by atoms with Gasteiger partial charge < -0.3 is 4.90 Å². The van der Waals surface area contributed by atoms with E-state index in [-0.39, 0.29) is 18.9 Å². The maximum atomic E-state index is 12.2. The fourth-order valence-electron chi connectivity index (χ4n) is 3.02. The molecule has 1 aromatic carbocycles. The summed E-state index contributed by atoms with van der Waals surface area (Å²) in [4.78, 5) is 14.1. The van der Waals surface area contributed by atoms with Crippen LogP contribution in [0.25, 0.3) is 0 Å². The quantitative estimate of drug-likeness (QED) is 0.859. The Hall–Kier alpha value is -1.40. The van der Waals surface area contributed by atoms with Gasteiger partial charge in [-0.1, -0.05) is 29.8 Å². The first kappa shape index (κ1) is 17.9. The van der Waals surface area contributed by atoms with E-state index >= 15 is 0 Å². The van der Waals surface area contributed by atoms with Crippen LogP contribution < -0.4 is 4.72 Å². The Labute approximate surface area is 139 Å². The van der Waals surface area contributed by atoms with Gasteiger partial charge in [0.05, 0.1) is 6.26 Å². The number of rotatable bonds is 6. The largest absolute Gasteiger partial charge is 0.342 e. The molecule has 128 valence electrons. The Morgan fingerprint density at radius 2 is 2.00 bits per heavy atom. The topological polar surface area (TPSA) is 66.5 Å². The van der Waals surface area contributed by atoms with Crippen LogP contribution in [-0.2, 0) is 21.2 Å². The number of amides is 1. The van der Waals surface area contributed by atoms with Crippen molar-refractivity contribution in [3.63, 3.8) is 0 Å². The number of carbonyl (C=O) groups is 1. The molecule has 1 aromatic rings. The van der Waals surface area contributed by atoms with Gasteiger partial charge in [0.25, 0.3) is 0 Å². The van der Waals surface area contributed by atoms with Crippen LogP contribution in [0, 0.1) is 12.8 Å². The van der Waals surface area contributed by atoms with Crippen molar-refractivity contribution in [1.29, 1.82) is 0 Å². The fraction of sp³-hybridized carbons (Fsp3) is 0.588. The second kappa shape index (κ2) is 7.93. The number of aryl methyl sites for hydroxylation is 1. The number of carbonyl (C=O) groups excluding carboxylic acids is 1. The summed E-state index contributed by atoms with van der Waals surface area (Å²) in [6.45, 7) is 3.81.